The largest absolute Gasteiger partial charge is 0.347 e. The van der Waals surface area contributed by atoms with Gasteiger partial charge in [0.1, 0.15) is 0 Å². The van der Waals surface area contributed by atoms with Crippen LogP contribution in [0.3, 0.4) is 0 Å². The standard InChI is InChI=1S/C11H19NO2/c1-8(12-11(14)9(2)13)10-6-4-3-5-7-10/h8,10H,3-7H2,1-2H3,(H,12,14)/t8-/m0/s1. The highest BCUT2D eigenvalue weighted by Crippen LogP contribution is 2.26. The molecule has 0 aromatic carbocycles. The summed E-state index contributed by atoms with van der Waals surface area (Å²) in [5.74, 6) is -0.275. The fraction of sp³-hybridized carbons (Fsp3) is 0.818. The van der Waals surface area contributed by atoms with Crippen molar-refractivity contribution in [3.63, 3.8) is 0 Å². The van der Waals surface area contributed by atoms with Gasteiger partial charge in [0.15, 0.2) is 0 Å². The van der Waals surface area contributed by atoms with Gasteiger partial charge in [-0.2, -0.15) is 0 Å². The molecule has 1 rings (SSSR count). The number of hydrogen-bond donors (Lipinski definition) is 1. The summed E-state index contributed by atoms with van der Waals surface area (Å²) in [6.07, 6.45) is 6.18. The minimum atomic E-state index is -0.442. The van der Waals surface area contributed by atoms with Crippen molar-refractivity contribution in [3.8, 4) is 0 Å². The van der Waals surface area contributed by atoms with Gasteiger partial charge in [-0.3, -0.25) is 9.59 Å². The molecule has 0 aromatic rings. The fourth-order valence-electron chi connectivity index (χ4n) is 2.06. The second-order valence-corrected chi connectivity index (χ2v) is 4.22. The van der Waals surface area contributed by atoms with Gasteiger partial charge in [-0.25, -0.2) is 0 Å². The Morgan fingerprint density at radius 3 is 2.29 bits per heavy atom. The van der Waals surface area contributed by atoms with E-state index in [1.165, 1.54) is 39.0 Å². The van der Waals surface area contributed by atoms with Crippen LogP contribution in [0.15, 0.2) is 0 Å². The third kappa shape index (κ3) is 3.13. The van der Waals surface area contributed by atoms with E-state index in [4.69, 9.17) is 0 Å². The first-order valence-electron chi connectivity index (χ1n) is 5.42. The highest BCUT2D eigenvalue weighted by atomic mass is 16.2. The van der Waals surface area contributed by atoms with Crippen LogP contribution in [0, 0.1) is 5.92 Å². The van der Waals surface area contributed by atoms with E-state index in [0.717, 1.165) is 0 Å². The average molecular weight is 197 g/mol. The van der Waals surface area contributed by atoms with Crippen LogP contribution in [0.1, 0.15) is 46.0 Å². The fourth-order valence-corrected chi connectivity index (χ4v) is 2.06. The molecular formula is C11H19NO2. The third-order valence-corrected chi connectivity index (χ3v) is 3.04. The third-order valence-electron chi connectivity index (χ3n) is 3.04. The van der Waals surface area contributed by atoms with Gasteiger partial charge >= 0.3 is 0 Å². The summed E-state index contributed by atoms with van der Waals surface area (Å²) in [4.78, 5) is 21.9. The van der Waals surface area contributed by atoms with Gasteiger partial charge in [0.2, 0.25) is 5.78 Å². The van der Waals surface area contributed by atoms with Crippen molar-refractivity contribution >= 4 is 11.7 Å². The molecule has 1 atom stereocenters. The van der Waals surface area contributed by atoms with Crippen molar-refractivity contribution in [3.05, 3.63) is 0 Å². The Morgan fingerprint density at radius 2 is 1.79 bits per heavy atom. The van der Waals surface area contributed by atoms with Gasteiger partial charge in [0.05, 0.1) is 0 Å². The van der Waals surface area contributed by atoms with E-state index in [-0.39, 0.29) is 6.04 Å². The second kappa shape index (κ2) is 5.13. The quantitative estimate of drug-likeness (QED) is 0.699. The Kier molecular flexibility index (Phi) is 4.11. The first-order chi connectivity index (χ1) is 6.61. The Morgan fingerprint density at radius 1 is 1.21 bits per heavy atom. The van der Waals surface area contributed by atoms with Crippen LogP contribution in [-0.2, 0) is 9.59 Å². The predicted octanol–water partition coefficient (Wildman–Crippen LogP) is 1.66. The van der Waals surface area contributed by atoms with Crippen LogP contribution in [0.25, 0.3) is 0 Å². The maximum absolute atomic E-state index is 11.1. The summed E-state index contributed by atoms with van der Waals surface area (Å²) in [6, 6.07) is 0.145. The number of hydrogen-bond acceptors (Lipinski definition) is 2. The van der Waals surface area contributed by atoms with Crippen molar-refractivity contribution in [1.82, 2.24) is 5.32 Å². The summed E-state index contributed by atoms with van der Waals surface area (Å²) in [5.41, 5.74) is 0. The van der Waals surface area contributed by atoms with Crippen LogP contribution in [0.4, 0.5) is 0 Å². The smallest absolute Gasteiger partial charge is 0.287 e. The summed E-state index contributed by atoms with van der Waals surface area (Å²) in [7, 11) is 0. The average Bonchev–Trinajstić information content (AvgIpc) is 2.19. The van der Waals surface area contributed by atoms with Gasteiger partial charge < -0.3 is 5.32 Å². The number of nitrogens with one attached hydrogen (secondary N) is 1. The Hall–Kier alpha value is -0.860. The van der Waals surface area contributed by atoms with Crippen LogP contribution in [0.5, 0.6) is 0 Å². The molecule has 0 aliphatic heterocycles. The van der Waals surface area contributed by atoms with Crippen molar-refractivity contribution < 1.29 is 9.59 Å². The van der Waals surface area contributed by atoms with Crippen LogP contribution in [-0.4, -0.2) is 17.7 Å². The topological polar surface area (TPSA) is 46.2 Å². The first-order valence-corrected chi connectivity index (χ1v) is 5.42. The first kappa shape index (κ1) is 11.2. The zero-order valence-electron chi connectivity index (χ0n) is 9.01. The van der Waals surface area contributed by atoms with Gasteiger partial charge in [0, 0.05) is 13.0 Å². The van der Waals surface area contributed by atoms with Gasteiger partial charge in [-0.1, -0.05) is 19.3 Å². The number of rotatable bonds is 3. The molecule has 1 aliphatic rings. The molecule has 0 unspecified atom stereocenters. The number of carbonyl (C=O) groups excluding carboxylic acids is 2. The lowest BCUT2D eigenvalue weighted by molar-refractivity contribution is -0.137. The van der Waals surface area contributed by atoms with Crippen molar-refractivity contribution in [2.24, 2.45) is 5.92 Å². The summed E-state index contributed by atoms with van der Waals surface area (Å²) in [5, 5.41) is 2.76. The van der Waals surface area contributed by atoms with E-state index in [2.05, 4.69) is 5.32 Å². The van der Waals surface area contributed by atoms with Gasteiger partial charge in [-0.15, -0.1) is 0 Å². The molecule has 80 valence electrons. The lowest BCUT2D eigenvalue weighted by atomic mass is 9.84. The predicted molar refractivity (Wildman–Crippen MR) is 54.9 cm³/mol. The summed E-state index contributed by atoms with van der Waals surface area (Å²) >= 11 is 0. The number of Topliss-reactive ketones (excluding diaryl/α,β-unsaturated/α-hetero) is 1. The molecule has 3 heteroatoms. The summed E-state index contributed by atoms with van der Waals surface area (Å²) in [6.45, 7) is 3.31. The van der Waals surface area contributed by atoms with Crippen LogP contribution in [0.2, 0.25) is 0 Å². The molecular weight excluding hydrogens is 178 g/mol. The minimum Gasteiger partial charge on any atom is -0.347 e. The lowest BCUT2D eigenvalue weighted by Gasteiger charge is -2.27. The molecule has 0 radical (unpaired) electrons. The van der Waals surface area contributed by atoms with Gasteiger partial charge in [-0.05, 0) is 25.7 Å². The molecule has 3 nitrogen and oxygen atoms in total. The van der Waals surface area contributed by atoms with Gasteiger partial charge in [0.25, 0.3) is 5.91 Å². The minimum absolute atomic E-state index is 0.145. The highest BCUT2D eigenvalue weighted by Gasteiger charge is 2.22. The van der Waals surface area contributed by atoms with Crippen LogP contribution < -0.4 is 5.32 Å². The molecule has 1 aliphatic carbocycles. The monoisotopic (exact) mass is 197 g/mol. The zero-order chi connectivity index (χ0) is 10.6. The second-order valence-electron chi connectivity index (χ2n) is 4.22. The molecule has 0 spiro atoms. The number of amides is 1. The molecule has 1 saturated carbocycles. The number of carbonyl (C=O) groups is 2. The maximum Gasteiger partial charge on any atom is 0.287 e. The highest BCUT2D eigenvalue weighted by molar-refractivity contribution is 6.35. The van der Waals surface area contributed by atoms with E-state index in [0.29, 0.717) is 5.92 Å². The van der Waals surface area contributed by atoms with E-state index < -0.39 is 11.7 Å². The SMILES string of the molecule is CC(=O)C(=O)N[C@@H](C)C1CCCCC1. The Bertz CT molecular complexity index is 219. The van der Waals surface area contributed by atoms with E-state index in [9.17, 15) is 9.59 Å². The summed E-state index contributed by atoms with van der Waals surface area (Å²) < 4.78 is 0. The normalized spacial score (nSPS) is 20.1. The van der Waals surface area contributed by atoms with E-state index >= 15 is 0 Å². The Balaban J connectivity index is 2.36. The van der Waals surface area contributed by atoms with E-state index in [1.807, 2.05) is 6.92 Å². The maximum atomic E-state index is 11.1. The molecule has 0 bridgehead atoms. The zero-order valence-corrected chi connectivity index (χ0v) is 9.01. The van der Waals surface area contributed by atoms with Crippen molar-refractivity contribution in [2.45, 2.75) is 52.0 Å². The molecule has 0 saturated heterocycles. The molecule has 1 fully saturated rings. The lowest BCUT2D eigenvalue weighted by Crippen LogP contribution is -2.41. The number of ketones is 1. The molecule has 0 aromatic heterocycles. The van der Waals surface area contributed by atoms with Crippen molar-refractivity contribution in [1.29, 1.82) is 0 Å². The Labute approximate surface area is 85.3 Å². The molecule has 1 N–H and O–H groups in total. The molecule has 14 heavy (non-hydrogen) atoms. The molecule has 1 amide bonds. The van der Waals surface area contributed by atoms with Crippen LogP contribution >= 0.6 is 0 Å². The van der Waals surface area contributed by atoms with Crippen molar-refractivity contribution in [2.75, 3.05) is 0 Å². The van der Waals surface area contributed by atoms with E-state index in [1.54, 1.807) is 0 Å². The molecule has 0 heterocycles.